The summed E-state index contributed by atoms with van der Waals surface area (Å²) in [6.45, 7) is 4.79. The van der Waals surface area contributed by atoms with E-state index in [-0.39, 0.29) is 6.29 Å². The SMILES string of the molecule is CC(I)[CH]OC1CCCCO1. The van der Waals surface area contributed by atoms with Crippen molar-refractivity contribution in [3.8, 4) is 0 Å². The third-order valence-corrected chi connectivity index (χ3v) is 1.85. The zero-order valence-corrected chi connectivity index (χ0v) is 8.91. The molecule has 1 fully saturated rings. The number of hydrogen-bond donors (Lipinski definition) is 0. The molecule has 0 aliphatic carbocycles. The molecule has 0 amide bonds. The van der Waals surface area contributed by atoms with Crippen LogP contribution in [-0.4, -0.2) is 16.8 Å². The quantitative estimate of drug-likeness (QED) is 0.579. The van der Waals surface area contributed by atoms with E-state index in [4.69, 9.17) is 9.47 Å². The van der Waals surface area contributed by atoms with E-state index in [0.717, 1.165) is 13.0 Å². The lowest BCUT2D eigenvalue weighted by molar-refractivity contribution is -0.142. The predicted molar refractivity (Wildman–Crippen MR) is 52.5 cm³/mol. The van der Waals surface area contributed by atoms with Crippen molar-refractivity contribution < 1.29 is 9.47 Å². The maximum Gasteiger partial charge on any atom is 0.158 e. The van der Waals surface area contributed by atoms with Crippen molar-refractivity contribution in [2.45, 2.75) is 36.4 Å². The molecule has 0 N–H and O–H groups in total. The predicted octanol–water partition coefficient (Wildman–Crippen LogP) is 2.51. The second-order valence-corrected chi connectivity index (χ2v) is 4.71. The highest BCUT2D eigenvalue weighted by Crippen LogP contribution is 2.16. The first-order valence-electron chi connectivity index (χ1n) is 4.03. The molecule has 2 atom stereocenters. The Morgan fingerprint density at radius 1 is 1.64 bits per heavy atom. The van der Waals surface area contributed by atoms with Crippen LogP contribution in [0.4, 0.5) is 0 Å². The van der Waals surface area contributed by atoms with Crippen molar-refractivity contribution in [1.82, 2.24) is 0 Å². The van der Waals surface area contributed by atoms with Crippen LogP contribution in [0, 0.1) is 6.61 Å². The summed E-state index contributed by atoms with van der Waals surface area (Å²) < 4.78 is 11.2. The van der Waals surface area contributed by atoms with E-state index in [2.05, 4.69) is 29.5 Å². The zero-order chi connectivity index (χ0) is 8.10. The van der Waals surface area contributed by atoms with E-state index in [1.165, 1.54) is 12.8 Å². The first-order chi connectivity index (χ1) is 5.29. The molecule has 1 aliphatic rings. The maximum atomic E-state index is 5.39. The summed E-state index contributed by atoms with van der Waals surface area (Å²) in [6, 6.07) is 0. The first kappa shape index (κ1) is 9.74. The van der Waals surface area contributed by atoms with E-state index in [1.807, 2.05) is 6.61 Å². The average molecular weight is 269 g/mol. The van der Waals surface area contributed by atoms with Crippen molar-refractivity contribution in [2.24, 2.45) is 0 Å². The molecule has 3 heteroatoms. The van der Waals surface area contributed by atoms with Gasteiger partial charge >= 0.3 is 0 Å². The van der Waals surface area contributed by atoms with Gasteiger partial charge in [0.2, 0.25) is 0 Å². The Morgan fingerprint density at radius 3 is 3.00 bits per heavy atom. The molecule has 0 aromatic heterocycles. The van der Waals surface area contributed by atoms with E-state index in [0.29, 0.717) is 3.92 Å². The number of rotatable bonds is 3. The highest BCUT2D eigenvalue weighted by Gasteiger charge is 2.14. The summed E-state index contributed by atoms with van der Waals surface area (Å²) >= 11 is 2.30. The van der Waals surface area contributed by atoms with Crippen LogP contribution in [0.1, 0.15) is 26.2 Å². The Labute approximate surface area is 81.8 Å². The Hall–Kier alpha value is 0.650. The standard InChI is InChI=1S/C8H14IO2/c1-7(9)6-11-8-4-2-3-5-10-8/h6-8H,2-5H2,1H3. The summed E-state index contributed by atoms with van der Waals surface area (Å²) in [7, 11) is 0. The fraction of sp³-hybridized carbons (Fsp3) is 0.875. The van der Waals surface area contributed by atoms with E-state index >= 15 is 0 Å². The maximum absolute atomic E-state index is 5.39. The summed E-state index contributed by atoms with van der Waals surface area (Å²) in [5.41, 5.74) is 0. The minimum Gasteiger partial charge on any atom is -0.353 e. The van der Waals surface area contributed by atoms with Gasteiger partial charge in [0.05, 0.1) is 6.61 Å². The fourth-order valence-electron chi connectivity index (χ4n) is 1.01. The van der Waals surface area contributed by atoms with Crippen LogP contribution in [0.5, 0.6) is 0 Å². The Kier molecular flexibility index (Phi) is 4.71. The molecule has 2 unspecified atom stereocenters. The lowest BCUT2D eigenvalue weighted by atomic mass is 10.2. The van der Waals surface area contributed by atoms with Crippen molar-refractivity contribution in [3.63, 3.8) is 0 Å². The largest absolute Gasteiger partial charge is 0.353 e. The van der Waals surface area contributed by atoms with Crippen LogP contribution in [0.2, 0.25) is 0 Å². The van der Waals surface area contributed by atoms with Gasteiger partial charge in [0.25, 0.3) is 0 Å². The Bertz CT molecular complexity index is 100. The van der Waals surface area contributed by atoms with Crippen molar-refractivity contribution in [2.75, 3.05) is 6.61 Å². The molecule has 0 spiro atoms. The number of hydrogen-bond acceptors (Lipinski definition) is 2. The molecular weight excluding hydrogens is 255 g/mol. The van der Waals surface area contributed by atoms with Crippen LogP contribution in [0.3, 0.4) is 0 Å². The van der Waals surface area contributed by atoms with Gasteiger partial charge in [-0.1, -0.05) is 29.5 Å². The summed E-state index contributed by atoms with van der Waals surface area (Å²) in [6.07, 6.45) is 3.48. The van der Waals surface area contributed by atoms with Gasteiger partial charge in [-0.2, -0.15) is 0 Å². The highest BCUT2D eigenvalue weighted by molar-refractivity contribution is 14.1. The topological polar surface area (TPSA) is 18.5 Å². The molecule has 1 aliphatic heterocycles. The second kappa shape index (κ2) is 5.32. The third-order valence-electron chi connectivity index (χ3n) is 1.56. The first-order valence-corrected chi connectivity index (χ1v) is 5.28. The number of halogens is 1. The van der Waals surface area contributed by atoms with Crippen molar-refractivity contribution in [3.05, 3.63) is 6.61 Å². The van der Waals surface area contributed by atoms with E-state index in [1.54, 1.807) is 0 Å². The van der Waals surface area contributed by atoms with Gasteiger partial charge in [-0.05, 0) is 19.3 Å². The average Bonchev–Trinajstić information content (AvgIpc) is 2.03. The molecule has 65 valence electrons. The highest BCUT2D eigenvalue weighted by atomic mass is 127. The molecule has 0 aromatic rings. The monoisotopic (exact) mass is 269 g/mol. The van der Waals surface area contributed by atoms with Gasteiger partial charge in [0.15, 0.2) is 6.29 Å². The van der Waals surface area contributed by atoms with Gasteiger partial charge in [0, 0.05) is 10.5 Å². The van der Waals surface area contributed by atoms with Gasteiger partial charge in [0.1, 0.15) is 0 Å². The van der Waals surface area contributed by atoms with Gasteiger partial charge in [-0.15, -0.1) is 0 Å². The van der Waals surface area contributed by atoms with E-state index < -0.39 is 0 Å². The van der Waals surface area contributed by atoms with Gasteiger partial charge in [-0.3, -0.25) is 0 Å². The van der Waals surface area contributed by atoms with Crippen LogP contribution < -0.4 is 0 Å². The zero-order valence-electron chi connectivity index (χ0n) is 6.75. The molecule has 1 radical (unpaired) electrons. The minimum absolute atomic E-state index is 0.0287. The lowest BCUT2D eigenvalue weighted by Gasteiger charge is -2.22. The van der Waals surface area contributed by atoms with Gasteiger partial charge < -0.3 is 9.47 Å². The molecule has 0 aromatic carbocycles. The lowest BCUT2D eigenvalue weighted by Crippen LogP contribution is -2.22. The molecule has 0 saturated carbocycles. The third kappa shape index (κ3) is 4.28. The number of ether oxygens (including phenoxy) is 2. The molecule has 1 saturated heterocycles. The molecule has 0 bridgehead atoms. The smallest absolute Gasteiger partial charge is 0.158 e. The molecule has 2 nitrogen and oxygen atoms in total. The van der Waals surface area contributed by atoms with Gasteiger partial charge in [-0.25, -0.2) is 0 Å². The summed E-state index contributed by atoms with van der Waals surface area (Å²) in [5.74, 6) is 0. The minimum atomic E-state index is 0.0287. The normalized spacial score (nSPS) is 28.4. The molecule has 1 heterocycles. The van der Waals surface area contributed by atoms with Crippen molar-refractivity contribution in [1.29, 1.82) is 0 Å². The van der Waals surface area contributed by atoms with E-state index in [9.17, 15) is 0 Å². The summed E-state index contributed by atoms with van der Waals surface area (Å²) in [4.78, 5) is 0. The molecular formula is C8H14IO2. The Balaban J connectivity index is 2.05. The Morgan fingerprint density at radius 2 is 2.45 bits per heavy atom. The van der Waals surface area contributed by atoms with Crippen LogP contribution in [0.15, 0.2) is 0 Å². The van der Waals surface area contributed by atoms with Crippen molar-refractivity contribution >= 4 is 22.6 Å². The molecule has 1 rings (SSSR count). The summed E-state index contributed by atoms with van der Waals surface area (Å²) in [5, 5.41) is 0. The van der Waals surface area contributed by atoms with Crippen LogP contribution in [0.25, 0.3) is 0 Å². The second-order valence-electron chi connectivity index (χ2n) is 2.75. The van der Waals surface area contributed by atoms with Crippen LogP contribution >= 0.6 is 22.6 Å². The fourth-order valence-corrected chi connectivity index (χ4v) is 1.18. The molecule has 11 heavy (non-hydrogen) atoms. The number of alkyl halides is 1. The van der Waals surface area contributed by atoms with Crippen LogP contribution in [-0.2, 0) is 9.47 Å².